The van der Waals surface area contributed by atoms with E-state index in [-0.39, 0.29) is 0 Å². The fourth-order valence-corrected chi connectivity index (χ4v) is 3.21. The number of hydrogen-bond donors (Lipinski definition) is 1. The van der Waals surface area contributed by atoms with E-state index in [0.717, 1.165) is 29.6 Å². The van der Waals surface area contributed by atoms with Crippen LogP contribution in [0, 0.1) is 6.92 Å². The first kappa shape index (κ1) is 16.4. The fraction of sp³-hybridized carbons (Fsp3) is 0.294. The first-order chi connectivity index (χ1) is 10.2. The molecule has 0 heterocycles. The van der Waals surface area contributed by atoms with Crippen LogP contribution in [0.1, 0.15) is 11.1 Å². The lowest BCUT2D eigenvalue weighted by molar-refractivity contribution is 0.199. The number of rotatable bonds is 7. The highest BCUT2D eigenvalue weighted by Gasteiger charge is 2.04. The van der Waals surface area contributed by atoms with E-state index in [1.54, 1.807) is 18.9 Å². The number of benzene rings is 2. The molecule has 0 amide bonds. The molecule has 2 rings (SSSR count). The molecule has 0 bridgehead atoms. The van der Waals surface area contributed by atoms with Crippen molar-refractivity contribution in [3.63, 3.8) is 0 Å². The molecule has 112 valence electrons. The van der Waals surface area contributed by atoms with Crippen LogP contribution in [0.3, 0.4) is 0 Å². The average Bonchev–Trinajstić information content (AvgIpc) is 2.46. The van der Waals surface area contributed by atoms with Crippen molar-refractivity contribution in [3.05, 3.63) is 58.6 Å². The first-order valence-electron chi connectivity index (χ1n) is 6.91. The Morgan fingerprint density at radius 3 is 2.76 bits per heavy atom. The van der Waals surface area contributed by atoms with Gasteiger partial charge in [0.1, 0.15) is 0 Å². The molecule has 2 aromatic rings. The predicted octanol–water partition coefficient (Wildman–Crippen LogP) is 4.54. The number of aryl methyl sites for hydroxylation is 1. The largest absolute Gasteiger partial charge is 0.383 e. The van der Waals surface area contributed by atoms with Gasteiger partial charge in [-0.2, -0.15) is 0 Å². The highest BCUT2D eigenvalue weighted by atomic mass is 35.5. The quantitative estimate of drug-likeness (QED) is 0.757. The molecular formula is C17H20ClNOS. The smallest absolute Gasteiger partial charge is 0.0587 e. The second-order valence-electron chi connectivity index (χ2n) is 4.85. The van der Waals surface area contributed by atoms with Crippen LogP contribution in [0.2, 0.25) is 5.02 Å². The number of hydrogen-bond acceptors (Lipinski definition) is 3. The highest BCUT2D eigenvalue weighted by Crippen LogP contribution is 2.34. The highest BCUT2D eigenvalue weighted by molar-refractivity contribution is 7.99. The molecule has 0 aliphatic heterocycles. The van der Waals surface area contributed by atoms with Crippen LogP contribution in [0.25, 0.3) is 0 Å². The van der Waals surface area contributed by atoms with Crippen molar-refractivity contribution in [1.29, 1.82) is 0 Å². The molecule has 21 heavy (non-hydrogen) atoms. The van der Waals surface area contributed by atoms with Crippen LogP contribution in [0.4, 0.5) is 0 Å². The summed E-state index contributed by atoms with van der Waals surface area (Å²) in [4.78, 5) is 2.30. The van der Waals surface area contributed by atoms with Gasteiger partial charge in [-0.1, -0.05) is 47.1 Å². The normalized spacial score (nSPS) is 10.8. The van der Waals surface area contributed by atoms with E-state index >= 15 is 0 Å². The van der Waals surface area contributed by atoms with Crippen molar-refractivity contribution in [3.8, 4) is 0 Å². The van der Waals surface area contributed by atoms with Gasteiger partial charge in [-0.25, -0.2) is 0 Å². The van der Waals surface area contributed by atoms with E-state index in [4.69, 9.17) is 16.3 Å². The summed E-state index contributed by atoms with van der Waals surface area (Å²) in [5.41, 5.74) is 2.44. The van der Waals surface area contributed by atoms with Gasteiger partial charge >= 0.3 is 0 Å². The molecular weight excluding hydrogens is 302 g/mol. The van der Waals surface area contributed by atoms with E-state index in [9.17, 15) is 0 Å². The summed E-state index contributed by atoms with van der Waals surface area (Å²) in [7, 11) is 1.70. The number of nitrogens with one attached hydrogen (secondary N) is 1. The van der Waals surface area contributed by atoms with Crippen LogP contribution < -0.4 is 5.32 Å². The molecule has 0 radical (unpaired) electrons. The lowest BCUT2D eigenvalue weighted by atomic mass is 10.2. The molecule has 0 saturated carbocycles. The third-order valence-electron chi connectivity index (χ3n) is 3.03. The second kappa shape index (κ2) is 8.44. The SMILES string of the molecule is COCCNCc1ccc(Sc2cccc(C)c2)c(Cl)c1. The van der Waals surface area contributed by atoms with Crippen molar-refractivity contribution in [1.82, 2.24) is 5.32 Å². The molecule has 4 heteroatoms. The number of ether oxygens (including phenoxy) is 1. The van der Waals surface area contributed by atoms with Crippen molar-refractivity contribution in [2.24, 2.45) is 0 Å². The molecule has 0 saturated heterocycles. The third kappa shape index (κ3) is 5.36. The predicted molar refractivity (Wildman–Crippen MR) is 90.3 cm³/mol. The fourth-order valence-electron chi connectivity index (χ4n) is 1.95. The second-order valence-corrected chi connectivity index (χ2v) is 6.38. The summed E-state index contributed by atoms with van der Waals surface area (Å²) in [6.45, 7) is 4.46. The zero-order chi connectivity index (χ0) is 15.1. The Hall–Kier alpha value is -1.00. The zero-order valence-corrected chi connectivity index (χ0v) is 13.9. The number of halogens is 1. The minimum Gasteiger partial charge on any atom is -0.383 e. The first-order valence-corrected chi connectivity index (χ1v) is 8.11. The van der Waals surface area contributed by atoms with Gasteiger partial charge in [0.15, 0.2) is 0 Å². The van der Waals surface area contributed by atoms with Gasteiger partial charge in [-0.3, -0.25) is 0 Å². The van der Waals surface area contributed by atoms with Crippen molar-refractivity contribution in [2.45, 2.75) is 23.3 Å². The van der Waals surface area contributed by atoms with Crippen LogP contribution in [-0.4, -0.2) is 20.3 Å². The standard InChI is InChI=1S/C17H20ClNOS/c1-13-4-3-5-15(10-13)21-17-7-6-14(11-16(17)18)12-19-8-9-20-2/h3-7,10-11,19H,8-9,12H2,1-2H3. The topological polar surface area (TPSA) is 21.3 Å². The lowest BCUT2D eigenvalue weighted by Gasteiger charge is -2.08. The number of methoxy groups -OCH3 is 1. The van der Waals surface area contributed by atoms with Gasteiger partial charge in [0.2, 0.25) is 0 Å². The molecule has 2 aromatic carbocycles. The Kier molecular flexibility index (Phi) is 6.58. The van der Waals surface area contributed by atoms with E-state index in [1.165, 1.54) is 16.0 Å². The Labute approximate surface area is 135 Å². The van der Waals surface area contributed by atoms with Crippen molar-refractivity contribution >= 4 is 23.4 Å². The average molecular weight is 322 g/mol. The molecule has 0 aromatic heterocycles. The van der Waals surface area contributed by atoms with E-state index in [1.807, 2.05) is 6.07 Å². The minimum absolute atomic E-state index is 0.717. The van der Waals surface area contributed by atoms with Crippen molar-refractivity contribution < 1.29 is 4.74 Å². The van der Waals surface area contributed by atoms with E-state index in [0.29, 0.717) is 0 Å². The summed E-state index contributed by atoms with van der Waals surface area (Å²) in [6, 6.07) is 14.7. The minimum atomic E-state index is 0.717. The maximum atomic E-state index is 6.39. The van der Waals surface area contributed by atoms with Gasteiger partial charge in [-0.05, 0) is 36.8 Å². The molecule has 0 aliphatic rings. The Bertz CT molecular complexity index is 589. The van der Waals surface area contributed by atoms with Crippen LogP contribution in [0.15, 0.2) is 52.3 Å². The lowest BCUT2D eigenvalue weighted by Crippen LogP contribution is -2.18. The molecule has 0 unspecified atom stereocenters. The molecule has 1 N–H and O–H groups in total. The maximum absolute atomic E-state index is 6.39. The Morgan fingerprint density at radius 1 is 1.19 bits per heavy atom. The molecule has 0 aliphatic carbocycles. The molecule has 0 fully saturated rings. The van der Waals surface area contributed by atoms with Crippen molar-refractivity contribution in [2.75, 3.05) is 20.3 Å². The van der Waals surface area contributed by atoms with Gasteiger partial charge < -0.3 is 10.1 Å². The Balaban J connectivity index is 1.98. The monoisotopic (exact) mass is 321 g/mol. The summed E-state index contributed by atoms with van der Waals surface area (Å²) >= 11 is 8.08. The van der Waals surface area contributed by atoms with E-state index in [2.05, 4.69) is 48.6 Å². The van der Waals surface area contributed by atoms with Crippen LogP contribution in [0.5, 0.6) is 0 Å². The van der Waals surface area contributed by atoms with Crippen LogP contribution in [-0.2, 0) is 11.3 Å². The van der Waals surface area contributed by atoms with E-state index < -0.39 is 0 Å². The molecule has 2 nitrogen and oxygen atoms in total. The van der Waals surface area contributed by atoms with Gasteiger partial charge in [0.05, 0.1) is 11.6 Å². The molecule has 0 atom stereocenters. The summed E-state index contributed by atoms with van der Waals surface area (Å²) in [5.74, 6) is 0. The third-order valence-corrected chi connectivity index (χ3v) is 4.52. The zero-order valence-electron chi connectivity index (χ0n) is 12.4. The van der Waals surface area contributed by atoms with Gasteiger partial charge in [-0.15, -0.1) is 0 Å². The van der Waals surface area contributed by atoms with Crippen LogP contribution >= 0.6 is 23.4 Å². The van der Waals surface area contributed by atoms with Gasteiger partial charge in [0.25, 0.3) is 0 Å². The summed E-state index contributed by atoms with van der Waals surface area (Å²) in [6.07, 6.45) is 0. The molecule has 0 spiro atoms. The maximum Gasteiger partial charge on any atom is 0.0587 e. The summed E-state index contributed by atoms with van der Waals surface area (Å²) < 4.78 is 5.01. The van der Waals surface area contributed by atoms with Gasteiger partial charge in [0, 0.05) is 30.0 Å². The summed E-state index contributed by atoms with van der Waals surface area (Å²) in [5, 5.41) is 4.11. The Morgan fingerprint density at radius 2 is 2.05 bits per heavy atom.